The zero-order valence-electron chi connectivity index (χ0n) is 17.7. The van der Waals surface area contributed by atoms with Crippen molar-refractivity contribution in [2.75, 3.05) is 0 Å². The number of nitrogens with zero attached hydrogens (tertiary/aromatic N) is 5. The number of nitro groups is 1. The van der Waals surface area contributed by atoms with E-state index in [0.717, 1.165) is 6.07 Å². The van der Waals surface area contributed by atoms with Gasteiger partial charge in [0.1, 0.15) is 11.6 Å². The van der Waals surface area contributed by atoms with Crippen LogP contribution in [0.1, 0.15) is 32.4 Å². The molecule has 0 unspecified atom stereocenters. The minimum absolute atomic E-state index is 0.0361. The van der Waals surface area contributed by atoms with Crippen molar-refractivity contribution < 1.29 is 14.5 Å². The minimum Gasteiger partial charge on any atom is -0.268 e. The molecule has 0 saturated carbocycles. The molecule has 0 bridgehead atoms. The SMILES string of the molecule is Cc1nc2ccccc2n1C(=O)c1ccc([N+](=O)[O-])cc1C(=O)n1c(C)nc2ccccc21. The van der Waals surface area contributed by atoms with Crippen molar-refractivity contribution in [2.24, 2.45) is 0 Å². The average molecular weight is 439 g/mol. The maximum Gasteiger partial charge on any atom is 0.270 e. The molecule has 2 aromatic heterocycles. The zero-order chi connectivity index (χ0) is 23.3. The molecular weight excluding hydrogens is 422 g/mol. The molecule has 0 amide bonds. The van der Waals surface area contributed by atoms with Crippen LogP contribution in [0.3, 0.4) is 0 Å². The monoisotopic (exact) mass is 439 g/mol. The van der Waals surface area contributed by atoms with Crippen LogP contribution < -0.4 is 0 Å². The highest BCUT2D eigenvalue weighted by Gasteiger charge is 2.27. The van der Waals surface area contributed by atoms with Gasteiger partial charge in [0, 0.05) is 12.1 Å². The Hall–Kier alpha value is -4.66. The number of benzene rings is 3. The van der Waals surface area contributed by atoms with E-state index in [1.807, 2.05) is 6.07 Å². The molecule has 0 spiro atoms. The highest BCUT2D eigenvalue weighted by Crippen LogP contribution is 2.25. The lowest BCUT2D eigenvalue weighted by Crippen LogP contribution is -2.21. The van der Waals surface area contributed by atoms with Gasteiger partial charge in [-0.15, -0.1) is 0 Å². The van der Waals surface area contributed by atoms with Crippen molar-refractivity contribution in [3.63, 3.8) is 0 Å². The second-order valence-electron chi connectivity index (χ2n) is 7.56. The maximum atomic E-state index is 13.7. The fourth-order valence-corrected chi connectivity index (χ4v) is 4.06. The van der Waals surface area contributed by atoms with Gasteiger partial charge in [-0.1, -0.05) is 24.3 Å². The Morgan fingerprint density at radius 2 is 1.24 bits per heavy atom. The Balaban J connectivity index is 1.73. The van der Waals surface area contributed by atoms with Gasteiger partial charge >= 0.3 is 0 Å². The van der Waals surface area contributed by atoms with Crippen LogP contribution in [0, 0.1) is 24.0 Å². The summed E-state index contributed by atoms with van der Waals surface area (Å²) in [7, 11) is 0. The van der Waals surface area contributed by atoms with Crippen LogP contribution in [0.4, 0.5) is 5.69 Å². The number of aromatic nitrogens is 4. The van der Waals surface area contributed by atoms with Gasteiger partial charge in [0.25, 0.3) is 17.5 Å². The molecule has 9 heteroatoms. The lowest BCUT2D eigenvalue weighted by atomic mass is 10.0. The van der Waals surface area contributed by atoms with E-state index < -0.39 is 16.7 Å². The third-order valence-electron chi connectivity index (χ3n) is 5.54. The van der Waals surface area contributed by atoms with Gasteiger partial charge in [0.2, 0.25) is 0 Å². The van der Waals surface area contributed by atoms with E-state index in [-0.39, 0.29) is 16.8 Å². The van der Waals surface area contributed by atoms with E-state index >= 15 is 0 Å². The zero-order valence-corrected chi connectivity index (χ0v) is 17.7. The molecule has 0 radical (unpaired) electrons. The van der Waals surface area contributed by atoms with E-state index in [9.17, 15) is 19.7 Å². The van der Waals surface area contributed by atoms with Crippen molar-refractivity contribution in [3.8, 4) is 0 Å². The molecule has 0 aliphatic rings. The molecular formula is C24H17N5O4. The summed E-state index contributed by atoms with van der Waals surface area (Å²) in [6, 6.07) is 17.9. The summed E-state index contributed by atoms with van der Waals surface area (Å²) in [6.07, 6.45) is 0. The summed E-state index contributed by atoms with van der Waals surface area (Å²) in [5.41, 5.74) is 2.04. The smallest absolute Gasteiger partial charge is 0.268 e. The van der Waals surface area contributed by atoms with Crippen LogP contribution in [0.5, 0.6) is 0 Å². The van der Waals surface area contributed by atoms with Gasteiger partial charge in [0.15, 0.2) is 0 Å². The molecule has 0 aliphatic heterocycles. The minimum atomic E-state index is -0.595. The fourth-order valence-electron chi connectivity index (χ4n) is 4.06. The molecule has 2 heterocycles. The Morgan fingerprint density at radius 1 is 0.758 bits per heavy atom. The molecule has 0 atom stereocenters. The number of carbonyl (C=O) groups is 2. The lowest BCUT2D eigenvalue weighted by molar-refractivity contribution is -0.384. The van der Waals surface area contributed by atoms with E-state index in [1.165, 1.54) is 21.3 Å². The van der Waals surface area contributed by atoms with Gasteiger partial charge in [-0.3, -0.25) is 28.8 Å². The van der Waals surface area contributed by atoms with Crippen LogP contribution >= 0.6 is 0 Å². The topological polar surface area (TPSA) is 113 Å². The van der Waals surface area contributed by atoms with E-state index in [4.69, 9.17) is 0 Å². The molecule has 0 N–H and O–H groups in total. The Bertz CT molecular complexity index is 1610. The number of imidazole rings is 2. The number of rotatable bonds is 3. The number of hydrogen-bond donors (Lipinski definition) is 0. The first-order valence-electron chi connectivity index (χ1n) is 10.1. The van der Waals surface area contributed by atoms with Crippen molar-refractivity contribution in [1.82, 2.24) is 19.1 Å². The van der Waals surface area contributed by atoms with Gasteiger partial charge in [-0.05, 0) is 44.2 Å². The molecule has 0 aliphatic carbocycles. The van der Waals surface area contributed by atoms with Gasteiger partial charge < -0.3 is 0 Å². The first-order valence-corrected chi connectivity index (χ1v) is 10.1. The predicted molar refractivity (Wildman–Crippen MR) is 121 cm³/mol. The number of hydrogen-bond acceptors (Lipinski definition) is 6. The predicted octanol–water partition coefficient (Wildman–Crippen LogP) is 4.29. The van der Waals surface area contributed by atoms with Crippen LogP contribution in [0.15, 0.2) is 66.7 Å². The van der Waals surface area contributed by atoms with Gasteiger partial charge in [-0.25, -0.2) is 9.97 Å². The molecule has 9 nitrogen and oxygen atoms in total. The second kappa shape index (κ2) is 7.49. The number of fused-ring (bicyclic) bond motifs is 2. The normalized spacial score (nSPS) is 11.2. The van der Waals surface area contributed by atoms with Crippen molar-refractivity contribution in [3.05, 3.63) is 99.6 Å². The molecule has 5 rings (SSSR count). The Kier molecular flexibility index (Phi) is 4.59. The quantitative estimate of drug-likeness (QED) is 0.306. The maximum absolute atomic E-state index is 13.7. The van der Waals surface area contributed by atoms with Crippen LogP contribution in [-0.2, 0) is 0 Å². The molecule has 5 aromatic rings. The molecule has 33 heavy (non-hydrogen) atoms. The van der Waals surface area contributed by atoms with E-state index in [1.54, 1.807) is 56.3 Å². The van der Waals surface area contributed by atoms with Crippen LogP contribution in [0.25, 0.3) is 22.1 Å². The highest BCUT2D eigenvalue weighted by atomic mass is 16.6. The average Bonchev–Trinajstić information content (AvgIpc) is 3.32. The Morgan fingerprint density at radius 3 is 1.76 bits per heavy atom. The summed E-state index contributed by atoms with van der Waals surface area (Å²) in [4.78, 5) is 47.0. The summed E-state index contributed by atoms with van der Waals surface area (Å²) in [5.74, 6) is -0.213. The van der Waals surface area contributed by atoms with E-state index in [2.05, 4.69) is 9.97 Å². The number of carbonyl (C=O) groups excluding carboxylic acids is 2. The van der Waals surface area contributed by atoms with Crippen molar-refractivity contribution >= 4 is 39.6 Å². The van der Waals surface area contributed by atoms with Gasteiger partial charge in [-0.2, -0.15) is 0 Å². The third kappa shape index (κ3) is 3.18. The van der Waals surface area contributed by atoms with Crippen LogP contribution in [0.2, 0.25) is 0 Å². The fraction of sp³-hybridized carbons (Fsp3) is 0.0833. The third-order valence-corrected chi connectivity index (χ3v) is 5.54. The van der Waals surface area contributed by atoms with Crippen molar-refractivity contribution in [1.29, 1.82) is 0 Å². The number of non-ortho nitro benzene ring substituents is 1. The van der Waals surface area contributed by atoms with Crippen molar-refractivity contribution in [2.45, 2.75) is 13.8 Å². The molecule has 3 aromatic carbocycles. The highest BCUT2D eigenvalue weighted by molar-refractivity contribution is 6.12. The molecule has 0 saturated heterocycles. The summed E-state index contributed by atoms with van der Waals surface area (Å²) < 4.78 is 2.77. The summed E-state index contributed by atoms with van der Waals surface area (Å²) in [6.45, 7) is 3.36. The number of nitro benzene ring substituents is 1. The number of para-hydroxylation sites is 4. The summed E-state index contributed by atoms with van der Waals surface area (Å²) in [5, 5.41) is 11.5. The first-order chi connectivity index (χ1) is 15.9. The largest absolute Gasteiger partial charge is 0.270 e. The van der Waals surface area contributed by atoms with Crippen LogP contribution in [-0.4, -0.2) is 35.8 Å². The summed E-state index contributed by atoms with van der Waals surface area (Å²) >= 11 is 0. The second-order valence-corrected chi connectivity index (χ2v) is 7.56. The van der Waals surface area contributed by atoms with Gasteiger partial charge in [0.05, 0.1) is 38.1 Å². The first kappa shape index (κ1) is 20.3. The molecule has 0 fully saturated rings. The Labute approximate surface area is 187 Å². The number of aryl methyl sites for hydroxylation is 2. The van der Waals surface area contributed by atoms with E-state index in [0.29, 0.717) is 33.7 Å². The lowest BCUT2D eigenvalue weighted by Gasteiger charge is -2.12. The standard InChI is InChI=1S/C24H17N5O4/c1-14-25-19-7-3-5-9-21(19)27(14)23(30)17-12-11-16(29(32)33)13-18(17)24(31)28-15(2)26-20-8-4-6-10-22(20)28/h3-13H,1-2H3. The molecule has 162 valence electrons.